The number of likely N-dealkylation sites (tertiary alicyclic amines) is 1. The van der Waals surface area contributed by atoms with E-state index in [2.05, 4.69) is 14.7 Å². The standard InChI is InChI=1S/C16H22N4O2/c1-10-8-19(4)16(17-10)13-5-6-20(9-13)15(21)7-14-11(2)18-22-12(14)3/h8,13H,5-7,9H2,1-4H3/t13-/m0/s1. The average Bonchev–Trinajstić information content (AvgIpc) is 3.14. The number of aromatic nitrogens is 3. The van der Waals surface area contributed by atoms with Gasteiger partial charge in [-0.2, -0.15) is 0 Å². The molecule has 1 fully saturated rings. The third-order valence-corrected chi connectivity index (χ3v) is 4.45. The summed E-state index contributed by atoms with van der Waals surface area (Å²) in [5.74, 6) is 2.28. The maximum atomic E-state index is 12.5. The normalized spacial score (nSPS) is 18.2. The highest BCUT2D eigenvalue weighted by Crippen LogP contribution is 2.27. The number of carbonyl (C=O) groups excluding carboxylic acids is 1. The van der Waals surface area contributed by atoms with E-state index in [1.165, 1.54) is 0 Å². The largest absolute Gasteiger partial charge is 0.361 e. The SMILES string of the molecule is Cc1cn(C)c([C@H]2CCN(C(=O)Cc3c(C)noc3C)C2)n1. The number of hydrogen-bond donors (Lipinski definition) is 0. The van der Waals surface area contributed by atoms with Crippen LogP contribution < -0.4 is 0 Å². The predicted molar refractivity (Wildman–Crippen MR) is 81.6 cm³/mol. The van der Waals surface area contributed by atoms with Gasteiger partial charge < -0.3 is 14.0 Å². The van der Waals surface area contributed by atoms with Crippen molar-refractivity contribution in [1.82, 2.24) is 19.6 Å². The van der Waals surface area contributed by atoms with Crippen LogP contribution in [0.3, 0.4) is 0 Å². The molecular weight excluding hydrogens is 280 g/mol. The summed E-state index contributed by atoms with van der Waals surface area (Å²) in [7, 11) is 2.02. The Kier molecular flexibility index (Phi) is 3.76. The van der Waals surface area contributed by atoms with Crippen molar-refractivity contribution < 1.29 is 9.32 Å². The Bertz CT molecular complexity index is 682. The summed E-state index contributed by atoms with van der Waals surface area (Å²) in [4.78, 5) is 19.0. The second-order valence-corrected chi connectivity index (χ2v) is 6.16. The molecule has 0 aromatic carbocycles. The smallest absolute Gasteiger partial charge is 0.227 e. The number of carbonyl (C=O) groups is 1. The van der Waals surface area contributed by atoms with Crippen LogP contribution in [0.4, 0.5) is 0 Å². The second-order valence-electron chi connectivity index (χ2n) is 6.16. The van der Waals surface area contributed by atoms with Gasteiger partial charge in [0.1, 0.15) is 11.6 Å². The lowest BCUT2D eigenvalue weighted by molar-refractivity contribution is -0.129. The lowest BCUT2D eigenvalue weighted by Gasteiger charge is -2.16. The molecule has 1 amide bonds. The third-order valence-electron chi connectivity index (χ3n) is 4.45. The maximum Gasteiger partial charge on any atom is 0.227 e. The van der Waals surface area contributed by atoms with Crippen molar-refractivity contribution in [3.8, 4) is 0 Å². The molecule has 1 aliphatic heterocycles. The van der Waals surface area contributed by atoms with E-state index in [0.29, 0.717) is 12.3 Å². The van der Waals surface area contributed by atoms with Gasteiger partial charge >= 0.3 is 0 Å². The summed E-state index contributed by atoms with van der Waals surface area (Å²) >= 11 is 0. The number of rotatable bonds is 3. The minimum Gasteiger partial charge on any atom is -0.361 e. The second kappa shape index (κ2) is 5.59. The van der Waals surface area contributed by atoms with Crippen LogP contribution >= 0.6 is 0 Å². The molecule has 0 N–H and O–H groups in total. The first-order chi connectivity index (χ1) is 10.5. The molecular formula is C16H22N4O2. The fourth-order valence-electron chi connectivity index (χ4n) is 3.23. The van der Waals surface area contributed by atoms with E-state index in [0.717, 1.165) is 48.0 Å². The maximum absolute atomic E-state index is 12.5. The number of amides is 1. The van der Waals surface area contributed by atoms with Gasteiger partial charge in [-0.15, -0.1) is 0 Å². The molecule has 2 aromatic heterocycles. The van der Waals surface area contributed by atoms with E-state index in [1.807, 2.05) is 38.9 Å². The monoisotopic (exact) mass is 302 g/mol. The highest BCUT2D eigenvalue weighted by Gasteiger charge is 2.30. The molecule has 3 rings (SSSR count). The minimum atomic E-state index is 0.142. The predicted octanol–water partition coefficient (Wildman–Crippen LogP) is 1.89. The zero-order valence-corrected chi connectivity index (χ0v) is 13.6. The van der Waals surface area contributed by atoms with Crippen molar-refractivity contribution in [1.29, 1.82) is 0 Å². The zero-order valence-electron chi connectivity index (χ0n) is 13.6. The van der Waals surface area contributed by atoms with E-state index in [-0.39, 0.29) is 5.91 Å². The van der Waals surface area contributed by atoms with Gasteiger partial charge in [0, 0.05) is 37.8 Å². The first-order valence-corrected chi connectivity index (χ1v) is 7.65. The van der Waals surface area contributed by atoms with Gasteiger partial charge in [0.05, 0.1) is 17.8 Å². The Morgan fingerprint density at radius 1 is 1.41 bits per heavy atom. The molecule has 0 radical (unpaired) electrons. The molecule has 1 aliphatic rings. The summed E-state index contributed by atoms with van der Waals surface area (Å²) in [6.45, 7) is 7.26. The van der Waals surface area contributed by atoms with Gasteiger partial charge in [0.15, 0.2) is 0 Å². The summed E-state index contributed by atoms with van der Waals surface area (Å²) in [6.07, 6.45) is 3.37. The van der Waals surface area contributed by atoms with Crippen molar-refractivity contribution in [2.24, 2.45) is 7.05 Å². The molecule has 1 saturated heterocycles. The van der Waals surface area contributed by atoms with Gasteiger partial charge in [-0.05, 0) is 27.2 Å². The zero-order chi connectivity index (χ0) is 15.9. The molecule has 6 heteroatoms. The van der Waals surface area contributed by atoms with Gasteiger partial charge in [-0.25, -0.2) is 4.98 Å². The molecule has 0 unspecified atom stereocenters. The molecule has 3 heterocycles. The first-order valence-electron chi connectivity index (χ1n) is 7.65. The van der Waals surface area contributed by atoms with Crippen LogP contribution in [0.2, 0.25) is 0 Å². The summed E-state index contributed by atoms with van der Waals surface area (Å²) in [6, 6.07) is 0. The van der Waals surface area contributed by atoms with Crippen molar-refractivity contribution in [3.05, 3.63) is 34.7 Å². The van der Waals surface area contributed by atoms with E-state index >= 15 is 0 Å². The van der Waals surface area contributed by atoms with Crippen LogP contribution in [-0.4, -0.2) is 38.6 Å². The van der Waals surface area contributed by atoms with Crippen molar-refractivity contribution >= 4 is 5.91 Å². The Labute approximate surface area is 130 Å². The Hall–Kier alpha value is -2.11. The third kappa shape index (κ3) is 2.65. The van der Waals surface area contributed by atoms with Crippen LogP contribution in [0.1, 0.15) is 40.9 Å². The first kappa shape index (κ1) is 14.8. The Morgan fingerprint density at radius 2 is 2.18 bits per heavy atom. The highest BCUT2D eigenvalue weighted by molar-refractivity contribution is 5.79. The fraction of sp³-hybridized carbons (Fsp3) is 0.562. The summed E-state index contributed by atoms with van der Waals surface area (Å²) in [5.41, 5.74) is 2.75. The van der Waals surface area contributed by atoms with E-state index < -0.39 is 0 Å². The molecule has 0 saturated carbocycles. The molecule has 0 aliphatic carbocycles. The van der Waals surface area contributed by atoms with Crippen LogP contribution in [0.15, 0.2) is 10.7 Å². The molecule has 0 spiro atoms. The van der Waals surface area contributed by atoms with Crippen molar-refractivity contribution in [2.45, 2.75) is 39.5 Å². The van der Waals surface area contributed by atoms with Gasteiger partial charge in [-0.1, -0.05) is 5.16 Å². The Morgan fingerprint density at radius 3 is 2.77 bits per heavy atom. The van der Waals surface area contributed by atoms with Crippen LogP contribution in [0.25, 0.3) is 0 Å². The molecule has 22 heavy (non-hydrogen) atoms. The highest BCUT2D eigenvalue weighted by atomic mass is 16.5. The molecule has 0 bridgehead atoms. The van der Waals surface area contributed by atoms with E-state index in [9.17, 15) is 4.79 Å². The van der Waals surface area contributed by atoms with Gasteiger partial charge in [-0.3, -0.25) is 4.79 Å². The lowest BCUT2D eigenvalue weighted by Crippen LogP contribution is -2.30. The number of nitrogens with zero attached hydrogens (tertiary/aromatic N) is 4. The number of aryl methyl sites for hydroxylation is 4. The molecule has 2 aromatic rings. The fourth-order valence-corrected chi connectivity index (χ4v) is 3.23. The molecule has 118 valence electrons. The van der Waals surface area contributed by atoms with Crippen LogP contribution in [0, 0.1) is 20.8 Å². The van der Waals surface area contributed by atoms with E-state index in [4.69, 9.17) is 4.52 Å². The van der Waals surface area contributed by atoms with Crippen LogP contribution in [0.5, 0.6) is 0 Å². The quantitative estimate of drug-likeness (QED) is 0.868. The molecule has 1 atom stereocenters. The van der Waals surface area contributed by atoms with E-state index in [1.54, 1.807) is 0 Å². The summed E-state index contributed by atoms with van der Waals surface area (Å²) in [5, 5.41) is 3.91. The van der Waals surface area contributed by atoms with Gasteiger partial charge in [0.25, 0.3) is 0 Å². The van der Waals surface area contributed by atoms with Crippen molar-refractivity contribution in [3.63, 3.8) is 0 Å². The summed E-state index contributed by atoms with van der Waals surface area (Å²) < 4.78 is 7.21. The van der Waals surface area contributed by atoms with Crippen molar-refractivity contribution in [2.75, 3.05) is 13.1 Å². The molecule has 6 nitrogen and oxygen atoms in total. The number of hydrogen-bond acceptors (Lipinski definition) is 4. The average molecular weight is 302 g/mol. The topological polar surface area (TPSA) is 64.2 Å². The van der Waals surface area contributed by atoms with Gasteiger partial charge in [0.2, 0.25) is 5.91 Å². The lowest BCUT2D eigenvalue weighted by atomic mass is 10.1. The van der Waals surface area contributed by atoms with Crippen LogP contribution in [-0.2, 0) is 18.3 Å². The minimum absolute atomic E-state index is 0.142. The Balaban J connectivity index is 1.67. The number of imidazole rings is 1.